The van der Waals surface area contributed by atoms with E-state index in [-0.39, 0.29) is 18.5 Å². The lowest BCUT2D eigenvalue weighted by molar-refractivity contribution is 0.146. The number of aliphatic hydroxyl groups is 1. The molecule has 0 aromatic heterocycles. The quantitative estimate of drug-likeness (QED) is 0.931. The molecule has 3 nitrogen and oxygen atoms in total. The predicted molar refractivity (Wildman–Crippen MR) is 72.4 cm³/mol. The Labute approximate surface area is 116 Å². The summed E-state index contributed by atoms with van der Waals surface area (Å²) in [5.74, 6) is 1.12. The molecule has 1 aliphatic rings. The van der Waals surface area contributed by atoms with Crippen molar-refractivity contribution in [3.8, 4) is 11.5 Å². The average Bonchev–Trinajstić information content (AvgIpc) is 2.87. The molecular formula is C16H15FO3. The lowest BCUT2D eigenvalue weighted by atomic mass is 10.1. The van der Waals surface area contributed by atoms with Crippen LogP contribution in [-0.4, -0.2) is 17.8 Å². The minimum atomic E-state index is -0.250. The van der Waals surface area contributed by atoms with Gasteiger partial charge >= 0.3 is 0 Å². The monoisotopic (exact) mass is 274 g/mol. The van der Waals surface area contributed by atoms with Gasteiger partial charge in [-0.05, 0) is 24.3 Å². The van der Waals surface area contributed by atoms with Gasteiger partial charge < -0.3 is 14.6 Å². The Kier molecular flexibility index (Phi) is 3.56. The zero-order chi connectivity index (χ0) is 13.9. The summed E-state index contributed by atoms with van der Waals surface area (Å²) >= 11 is 0. The summed E-state index contributed by atoms with van der Waals surface area (Å²) in [6, 6.07) is 11.9. The lowest BCUT2D eigenvalue weighted by Gasteiger charge is -2.14. The number of ether oxygens (including phenoxy) is 2. The molecule has 0 saturated carbocycles. The molecule has 0 saturated heterocycles. The Hall–Kier alpha value is -2.07. The van der Waals surface area contributed by atoms with Crippen molar-refractivity contribution in [1.82, 2.24) is 0 Å². The zero-order valence-corrected chi connectivity index (χ0v) is 10.9. The maximum absolute atomic E-state index is 13.1. The molecule has 0 amide bonds. The molecule has 0 aliphatic carbocycles. The van der Waals surface area contributed by atoms with E-state index in [4.69, 9.17) is 9.47 Å². The topological polar surface area (TPSA) is 38.7 Å². The maximum Gasteiger partial charge on any atom is 0.137 e. The number of aliphatic hydroxyl groups excluding tert-OH is 1. The molecule has 1 aliphatic heterocycles. The number of benzene rings is 2. The summed E-state index contributed by atoms with van der Waals surface area (Å²) in [4.78, 5) is 0. The fraction of sp³-hybridized carbons (Fsp3) is 0.250. The van der Waals surface area contributed by atoms with Crippen molar-refractivity contribution in [1.29, 1.82) is 0 Å². The SMILES string of the molecule is OCc1ccccc1OCC1Cc2cc(F)ccc2O1. The molecular weight excluding hydrogens is 259 g/mol. The van der Waals surface area contributed by atoms with Crippen LogP contribution in [0.2, 0.25) is 0 Å². The summed E-state index contributed by atoms with van der Waals surface area (Å²) in [6.45, 7) is 0.306. The predicted octanol–water partition coefficient (Wildman–Crippen LogP) is 2.70. The van der Waals surface area contributed by atoms with E-state index in [0.717, 1.165) is 16.9 Å². The van der Waals surface area contributed by atoms with Crippen molar-refractivity contribution in [2.75, 3.05) is 6.61 Å². The van der Waals surface area contributed by atoms with Crippen LogP contribution in [0.25, 0.3) is 0 Å². The van der Waals surface area contributed by atoms with Crippen LogP contribution in [0.15, 0.2) is 42.5 Å². The maximum atomic E-state index is 13.1. The second kappa shape index (κ2) is 5.51. The number of para-hydroxylation sites is 1. The first-order valence-corrected chi connectivity index (χ1v) is 6.53. The number of halogens is 1. The summed E-state index contributed by atoms with van der Waals surface area (Å²) in [5.41, 5.74) is 1.61. The van der Waals surface area contributed by atoms with Crippen LogP contribution in [0.5, 0.6) is 11.5 Å². The first kappa shape index (κ1) is 12.9. The first-order chi connectivity index (χ1) is 9.76. The summed E-state index contributed by atoms with van der Waals surface area (Å²) < 4.78 is 24.5. The van der Waals surface area contributed by atoms with Gasteiger partial charge in [0, 0.05) is 17.5 Å². The van der Waals surface area contributed by atoms with Gasteiger partial charge in [0.25, 0.3) is 0 Å². The van der Waals surface area contributed by atoms with Crippen molar-refractivity contribution in [2.24, 2.45) is 0 Å². The van der Waals surface area contributed by atoms with Crippen LogP contribution < -0.4 is 9.47 Å². The van der Waals surface area contributed by atoms with Crippen molar-refractivity contribution < 1.29 is 19.0 Å². The van der Waals surface area contributed by atoms with Gasteiger partial charge in [0.05, 0.1) is 6.61 Å². The Morgan fingerprint density at radius 2 is 2.10 bits per heavy atom. The number of fused-ring (bicyclic) bond motifs is 1. The van der Waals surface area contributed by atoms with Gasteiger partial charge in [0.15, 0.2) is 0 Å². The zero-order valence-electron chi connectivity index (χ0n) is 10.9. The average molecular weight is 274 g/mol. The van der Waals surface area contributed by atoms with Crippen molar-refractivity contribution in [3.63, 3.8) is 0 Å². The highest BCUT2D eigenvalue weighted by Crippen LogP contribution is 2.29. The van der Waals surface area contributed by atoms with E-state index in [9.17, 15) is 9.50 Å². The molecule has 0 spiro atoms. The fourth-order valence-electron chi connectivity index (χ4n) is 2.34. The summed E-state index contributed by atoms with van der Waals surface area (Å²) in [7, 11) is 0. The highest BCUT2D eigenvalue weighted by atomic mass is 19.1. The van der Waals surface area contributed by atoms with E-state index in [0.29, 0.717) is 18.8 Å². The standard InChI is InChI=1S/C16H15FO3/c17-13-5-6-16-12(7-13)8-14(20-16)10-19-15-4-2-1-3-11(15)9-18/h1-7,14,18H,8-10H2. The number of rotatable bonds is 4. The third-order valence-corrected chi connectivity index (χ3v) is 3.33. The molecule has 0 fully saturated rings. The summed E-state index contributed by atoms with van der Waals surface area (Å²) in [5, 5.41) is 9.23. The largest absolute Gasteiger partial charge is 0.489 e. The van der Waals surface area contributed by atoms with Gasteiger partial charge in [0.1, 0.15) is 30.0 Å². The minimum absolute atomic E-state index is 0.0624. The van der Waals surface area contributed by atoms with Gasteiger partial charge in [-0.1, -0.05) is 18.2 Å². The van der Waals surface area contributed by atoms with Gasteiger partial charge in [-0.2, -0.15) is 0 Å². The molecule has 0 bridgehead atoms. The third-order valence-electron chi connectivity index (χ3n) is 3.33. The Bertz CT molecular complexity index is 612. The fourth-order valence-corrected chi connectivity index (χ4v) is 2.34. The van der Waals surface area contributed by atoms with E-state index < -0.39 is 0 Å². The van der Waals surface area contributed by atoms with Gasteiger partial charge in [-0.15, -0.1) is 0 Å². The van der Waals surface area contributed by atoms with E-state index in [2.05, 4.69) is 0 Å². The number of hydrogen-bond donors (Lipinski definition) is 1. The Morgan fingerprint density at radius 1 is 1.25 bits per heavy atom. The highest BCUT2D eigenvalue weighted by Gasteiger charge is 2.24. The van der Waals surface area contributed by atoms with E-state index in [1.807, 2.05) is 24.3 Å². The molecule has 2 aromatic rings. The van der Waals surface area contributed by atoms with Crippen LogP contribution in [0.3, 0.4) is 0 Å². The van der Waals surface area contributed by atoms with Crippen molar-refractivity contribution >= 4 is 0 Å². The minimum Gasteiger partial charge on any atom is -0.489 e. The smallest absolute Gasteiger partial charge is 0.137 e. The lowest BCUT2D eigenvalue weighted by Crippen LogP contribution is -2.22. The molecule has 0 radical (unpaired) electrons. The van der Waals surface area contributed by atoms with Crippen LogP contribution in [-0.2, 0) is 13.0 Å². The molecule has 1 unspecified atom stereocenters. The highest BCUT2D eigenvalue weighted by molar-refractivity contribution is 5.38. The van der Waals surface area contributed by atoms with E-state index in [1.54, 1.807) is 6.07 Å². The van der Waals surface area contributed by atoms with E-state index in [1.165, 1.54) is 12.1 Å². The Morgan fingerprint density at radius 3 is 2.95 bits per heavy atom. The van der Waals surface area contributed by atoms with Gasteiger partial charge in [-0.25, -0.2) is 4.39 Å². The van der Waals surface area contributed by atoms with E-state index >= 15 is 0 Å². The molecule has 1 heterocycles. The van der Waals surface area contributed by atoms with Gasteiger partial charge in [0.2, 0.25) is 0 Å². The van der Waals surface area contributed by atoms with Crippen molar-refractivity contribution in [2.45, 2.75) is 19.1 Å². The van der Waals surface area contributed by atoms with Crippen molar-refractivity contribution in [3.05, 3.63) is 59.4 Å². The van der Waals surface area contributed by atoms with Gasteiger partial charge in [-0.3, -0.25) is 0 Å². The molecule has 4 heteroatoms. The molecule has 3 rings (SSSR count). The first-order valence-electron chi connectivity index (χ1n) is 6.53. The number of hydrogen-bond acceptors (Lipinski definition) is 3. The third kappa shape index (κ3) is 2.60. The second-order valence-electron chi connectivity index (χ2n) is 4.77. The molecule has 1 N–H and O–H groups in total. The van der Waals surface area contributed by atoms with Crippen LogP contribution in [0, 0.1) is 5.82 Å². The Balaban J connectivity index is 1.64. The second-order valence-corrected chi connectivity index (χ2v) is 4.77. The molecule has 2 aromatic carbocycles. The van der Waals surface area contributed by atoms with Crippen LogP contribution in [0.4, 0.5) is 4.39 Å². The molecule has 1 atom stereocenters. The molecule has 20 heavy (non-hydrogen) atoms. The van der Waals surface area contributed by atoms with Crippen LogP contribution in [0.1, 0.15) is 11.1 Å². The summed E-state index contributed by atoms with van der Waals surface area (Å²) in [6.07, 6.45) is 0.507. The van der Waals surface area contributed by atoms with Crippen LogP contribution >= 0.6 is 0 Å². The normalized spacial score (nSPS) is 16.6. The molecule has 104 valence electrons.